The van der Waals surface area contributed by atoms with Crippen LogP contribution in [-0.4, -0.2) is 4.57 Å². The van der Waals surface area contributed by atoms with Gasteiger partial charge in [-0.1, -0.05) is 192 Å². The standard InChI is InChI=1S/C40H71N2/c1-3-5-7-9-11-13-15-17-19-21-23-25-30-34-40-41(36-37-42(40)38-39-32-28-27-29-33-39)35-31-26-24-22-20-18-16-14-12-10-8-6-4-2/h27-29,32-33,36-37H,3-26,30-31,34-35,38H2,1-2H3/q+1. The third-order valence-corrected chi connectivity index (χ3v) is 9.29. The number of hydrogen-bond acceptors (Lipinski definition) is 0. The molecule has 0 aliphatic heterocycles. The van der Waals surface area contributed by atoms with E-state index in [0.717, 1.165) is 6.54 Å². The number of unbranched alkanes of at least 4 members (excludes halogenated alkanes) is 24. The van der Waals surface area contributed by atoms with E-state index in [1.165, 1.54) is 185 Å². The molecule has 0 aliphatic rings. The van der Waals surface area contributed by atoms with Gasteiger partial charge >= 0.3 is 0 Å². The van der Waals surface area contributed by atoms with Gasteiger partial charge in [-0.3, -0.25) is 0 Å². The second kappa shape index (κ2) is 27.0. The molecule has 2 rings (SSSR count). The van der Waals surface area contributed by atoms with E-state index in [0.29, 0.717) is 0 Å². The van der Waals surface area contributed by atoms with E-state index in [-0.39, 0.29) is 0 Å². The molecule has 2 aromatic rings. The van der Waals surface area contributed by atoms with Crippen LogP contribution < -0.4 is 4.57 Å². The quantitative estimate of drug-likeness (QED) is 0.0643. The molecule has 0 saturated carbocycles. The van der Waals surface area contributed by atoms with Crippen molar-refractivity contribution in [3.63, 3.8) is 0 Å². The minimum absolute atomic E-state index is 1.00. The van der Waals surface area contributed by atoms with Crippen molar-refractivity contribution in [3.8, 4) is 0 Å². The highest BCUT2D eigenvalue weighted by molar-refractivity contribution is 5.13. The summed E-state index contributed by atoms with van der Waals surface area (Å²) in [5, 5.41) is 0. The van der Waals surface area contributed by atoms with Crippen molar-refractivity contribution in [2.75, 3.05) is 0 Å². The van der Waals surface area contributed by atoms with Crippen molar-refractivity contribution >= 4 is 0 Å². The fourth-order valence-electron chi connectivity index (χ4n) is 6.51. The average molecular weight is 580 g/mol. The highest BCUT2D eigenvalue weighted by atomic mass is 15.1. The molecular weight excluding hydrogens is 508 g/mol. The number of nitrogens with zero attached hydrogens (tertiary/aromatic N) is 2. The zero-order chi connectivity index (χ0) is 29.8. The van der Waals surface area contributed by atoms with E-state index < -0.39 is 0 Å². The zero-order valence-electron chi connectivity index (χ0n) is 28.4. The Morgan fingerprint density at radius 2 is 0.881 bits per heavy atom. The van der Waals surface area contributed by atoms with E-state index in [9.17, 15) is 0 Å². The van der Waals surface area contributed by atoms with Crippen molar-refractivity contribution in [2.45, 2.75) is 200 Å². The van der Waals surface area contributed by atoms with Gasteiger partial charge in [0, 0.05) is 6.42 Å². The van der Waals surface area contributed by atoms with Crippen LogP contribution in [0.2, 0.25) is 0 Å². The predicted octanol–water partition coefficient (Wildman–Crippen LogP) is 12.5. The Bertz CT molecular complexity index is 823. The molecule has 0 aliphatic carbocycles. The van der Waals surface area contributed by atoms with Gasteiger partial charge in [0.15, 0.2) is 0 Å². The van der Waals surface area contributed by atoms with Crippen LogP contribution in [0.5, 0.6) is 0 Å². The van der Waals surface area contributed by atoms with Gasteiger partial charge in [-0.25, -0.2) is 9.13 Å². The van der Waals surface area contributed by atoms with Crippen LogP contribution in [0.4, 0.5) is 0 Å². The molecule has 240 valence electrons. The molecule has 0 N–H and O–H groups in total. The van der Waals surface area contributed by atoms with Crippen LogP contribution in [-0.2, 0) is 19.5 Å². The molecule has 0 spiro atoms. The molecule has 0 amide bonds. The lowest BCUT2D eigenvalue weighted by atomic mass is 10.0. The smallest absolute Gasteiger partial charge is 0.234 e. The highest BCUT2D eigenvalue weighted by Crippen LogP contribution is 2.15. The molecule has 0 saturated heterocycles. The maximum absolute atomic E-state index is 2.59. The maximum atomic E-state index is 2.59. The van der Waals surface area contributed by atoms with Crippen LogP contribution in [0.3, 0.4) is 0 Å². The first-order valence-electron chi connectivity index (χ1n) is 19.0. The van der Waals surface area contributed by atoms with Crippen LogP contribution in [0.1, 0.15) is 192 Å². The van der Waals surface area contributed by atoms with Crippen LogP contribution in [0, 0.1) is 0 Å². The number of benzene rings is 1. The third kappa shape index (κ3) is 18.9. The van der Waals surface area contributed by atoms with Crippen LogP contribution >= 0.6 is 0 Å². The molecule has 42 heavy (non-hydrogen) atoms. The Hall–Kier alpha value is -1.57. The summed E-state index contributed by atoms with van der Waals surface area (Å²) in [5.41, 5.74) is 1.41. The first kappa shape index (κ1) is 36.6. The summed E-state index contributed by atoms with van der Waals surface area (Å²) in [4.78, 5) is 0. The summed E-state index contributed by atoms with van der Waals surface area (Å²) in [7, 11) is 0. The second-order valence-corrected chi connectivity index (χ2v) is 13.3. The average Bonchev–Trinajstić information content (AvgIpc) is 3.39. The lowest BCUT2D eigenvalue weighted by Crippen LogP contribution is -2.37. The number of hydrogen-bond donors (Lipinski definition) is 0. The molecule has 2 heteroatoms. The topological polar surface area (TPSA) is 8.81 Å². The highest BCUT2D eigenvalue weighted by Gasteiger charge is 2.17. The summed E-state index contributed by atoms with van der Waals surface area (Å²) in [6, 6.07) is 11.0. The lowest BCUT2D eigenvalue weighted by Gasteiger charge is -2.07. The summed E-state index contributed by atoms with van der Waals surface area (Å²) in [5.74, 6) is 1.54. The Balaban J connectivity index is 1.61. The Morgan fingerprint density at radius 3 is 1.33 bits per heavy atom. The van der Waals surface area contributed by atoms with Crippen LogP contribution in [0.25, 0.3) is 0 Å². The summed E-state index contributed by atoms with van der Waals surface area (Å²) >= 11 is 0. The SMILES string of the molecule is CCCCCCCCCCCCCCCc1n(CCCCCCCCCCCCCCC)cc[n+]1Cc1ccccc1. The number of imidazole rings is 1. The van der Waals surface area contributed by atoms with Gasteiger partial charge < -0.3 is 0 Å². The fraction of sp³-hybridized carbons (Fsp3) is 0.775. The summed E-state index contributed by atoms with van der Waals surface area (Å²) < 4.78 is 5.11. The van der Waals surface area contributed by atoms with Crippen molar-refractivity contribution < 1.29 is 4.57 Å². The van der Waals surface area contributed by atoms with Gasteiger partial charge in [0.1, 0.15) is 18.9 Å². The van der Waals surface area contributed by atoms with Gasteiger partial charge in [-0.15, -0.1) is 0 Å². The van der Waals surface area contributed by atoms with Gasteiger partial charge in [0.25, 0.3) is 5.82 Å². The van der Waals surface area contributed by atoms with Gasteiger partial charge in [0.2, 0.25) is 0 Å². The van der Waals surface area contributed by atoms with Crippen molar-refractivity contribution in [1.29, 1.82) is 0 Å². The molecule has 2 nitrogen and oxygen atoms in total. The maximum Gasteiger partial charge on any atom is 0.256 e. The summed E-state index contributed by atoms with van der Waals surface area (Å²) in [6.45, 7) is 6.80. The minimum atomic E-state index is 1.00. The Morgan fingerprint density at radius 1 is 0.476 bits per heavy atom. The predicted molar refractivity (Wildman–Crippen MR) is 185 cm³/mol. The molecule has 0 unspecified atom stereocenters. The molecule has 0 radical (unpaired) electrons. The molecular formula is C40H71N2+. The van der Waals surface area contributed by atoms with Crippen molar-refractivity contribution in [1.82, 2.24) is 4.57 Å². The van der Waals surface area contributed by atoms with E-state index in [2.05, 4.69) is 65.7 Å². The van der Waals surface area contributed by atoms with Gasteiger partial charge in [0.05, 0.1) is 6.54 Å². The Labute approximate surface area is 263 Å². The minimum Gasteiger partial charge on any atom is -0.234 e. The Kier molecular flexibility index (Phi) is 23.6. The number of aromatic nitrogens is 2. The monoisotopic (exact) mass is 580 g/mol. The largest absolute Gasteiger partial charge is 0.256 e. The number of aryl methyl sites for hydroxylation is 1. The van der Waals surface area contributed by atoms with Gasteiger partial charge in [-0.05, 0) is 24.8 Å². The third-order valence-electron chi connectivity index (χ3n) is 9.29. The first-order chi connectivity index (χ1) is 20.8. The van der Waals surface area contributed by atoms with Crippen molar-refractivity contribution in [2.24, 2.45) is 0 Å². The van der Waals surface area contributed by atoms with E-state index >= 15 is 0 Å². The van der Waals surface area contributed by atoms with E-state index in [1.807, 2.05) is 0 Å². The normalized spacial score (nSPS) is 11.5. The first-order valence-corrected chi connectivity index (χ1v) is 19.0. The second-order valence-electron chi connectivity index (χ2n) is 13.3. The molecule has 0 atom stereocenters. The molecule has 0 fully saturated rings. The molecule has 1 aromatic heterocycles. The molecule has 0 bridgehead atoms. The zero-order valence-corrected chi connectivity index (χ0v) is 28.4. The fourth-order valence-corrected chi connectivity index (χ4v) is 6.51. The molecule has 1 aromatic carbocycles. The molecule has 1 heterocycles. The van der Waals surface area contributed by atoms with E-state index in [4.69, 9.17) is 0 Å². The van der Waals surface area contributed by atoms with Crippen molar-refractivity contribution in [3.05, 3.63) is 54.1 Å². The van der Waals surface area contributed by atoms with E-state index in [1.54, 1.807) is 5.82 Å². The van der Waals surface area contributed by atoms with Gasteiger partial charge in [-0.2, -0.15) is 0 Å². The number of rotatable bonds is 30. The van der Waals surface area contributed by atoms with Crippen LogP contribution in [0.15, 0.2) is 42.7 Å². The summed E-state index contributed by atoms with van der Waals surface area (Å²) in [6.07, 6.45) is 43.0. The lowest BCUT2D eigenvalue weighted by molar-refractivity contribution is -0.695.